The van der Waals surface area contributed by atoms with Crippen LogP contribution in [0.5, 0.6) is 5.75 Å². The topological polar surface area (TPSA) is 84.5 Å². The zero-order chi connectivity index (χ0) is 20.7. The van der Waals surface area contributed by atoms with Crippen LogP contribution in [0.2, 0.25) is 0 Å². The highest BCUT2D eigenvalue weighted by atomic mass is 16.5. The molecule has 2 aromatic carbocycles. The molecule has 0 atom stereocenters. The van der Waals surface area contributed by atoms with Crippen LogP contribution < -0.4 is 15.4 Å². The van der Waals surface area contributed by atoms with Crippen molar-refractivity contribution in [3.05, 3.63) is 65.7 Å². The van der Waals surface area contributed by atoms with E-state index in [0.29, 0.717) is 16.9 Å². The summed E-state index contributed by atoms with van der Waals surface area (Å²) < 4.78 is 5.01. The van der Waals surface area contributed by atoms with Gasteiger partial charge in [-0.25, -0.2) is 0 Å². The van der Waals surface area contributed by atoms with Gasteiger partial charge in [0.1, 0.15) is 5.75 Å². The third kappa shape index (κ3) is 6.09. The normalized spacial score (nSPS) is 11.1. The zero-order valence-electron chi connectivity index (χ0n) is 16.4. The summed E-state index contributed by atoms with van der Waals surface area (Å²) in [7, 11) is 0. The molecule has 2 N–H and O–H groups in total. The second kappa shape index (κ2) is 9.50. The first-order valence-electron chi connectivity index (χ1n) is 8.94. The van der Waals surface area contributed by atoms with Crippen molar-refractivity contribution in [2.45, 2.75) is 27.7 Å². The summed E-state index contributed by atoms with van der Waals surface area (Å²) in [4.78, 5) is 35.9. The maximum absolute atomic E-state index is 12.6. The van der Waals surface area contributed by atoms with Crippen LogP contribution >= 0.6 is 0 Å². The Kier molecular flexibility index (Phi) is 7.09. The SMILES string of the molecule is CC(=O)Oc1cccc(C(=O)Nc2ccccc2NC(=O)/C=C(\C)C(C)C)c1. The predicted octanol–water partition coefficient (Wildman–Crippen LogP) is 4.41. The van der Waals surface area contributed by atoms with Crippen molar-refractivity contribution in [1.29, 1.82) is 0 Å². The average molecular weight is 380 g/mol. The minimum absolute atomic E-state index is 0.259. The lowest BCUT2D eigenvalue weighted by Crippen LogP contribution is -2.16. The van der Waals surface area contributed by atoms with Crippen molar-refractivity contribution in [3.63, 3.8) is 0 Å². The Morgan fingerprint density at radius 1 is 0.929 bits per heavy atom. The number of rotatable bonds is 6. The molecule has 0 aliphatic carbocycles. The number of anilines is 2. The van der Waals surface area contributed by atoms with Crippen LogP contribution in [0.25, 0.3) is 0 Å². The maximum Gasteiger partial charge on any atom is 0.308 e. The number of amides is 2. The molecule has 0 aliphatic heterocycles. The van der Waals surface area contributed by atoms with Crippen molar-refractivity contribution in [1.82, 2.24) is 0 Å². The second-order valence-electron chi connectivity index (χ2n) is 6.65. The molecule has 0 aliphatic rings. The van der Waals surface area contributed by atoms with Crippen LogP contribution in [0.4, 0.5) is 11.4 Å². The van der Waals surface area contributed by atoms with Gasteiger partial charge < -0.3 is 15.4 Å². The van der Waals surface area contributed by atoms with Crippen molar-refractivity contribution in [2.24, 2.45) is 5.92 Å². The van der Waals surface area contributed by atoms with Crippen molar-refractivity contribution in [3.8, 4) is 5.75 Å². The van der Waals surface area contributed by atoms with Crippen molar-refractivity contribution in [2.75, 3.05) is 10.6 Å². The quantitative estimate of drug-likeness (QED) is 0.442. The Balaban J connectivity index is 2.17. The van der Waals surface area contributed by atoms with Gasteiger partial charge in [0.2, 0.25) is 5.91 Å². The van der Waals surface area contributed by atoms with Gasteiger partial charge in [-0.15, -0.1) is 0 Å². The van der Waals surface area contributed by atoms with Gasteiger partial charge in [0.05, 0.1) is 11.4 Å². The summed E-state index contributed by atoms with van der Waals surface area (Å²) in [5, 5.41) is 5.57. The van der Waals surface area contributed by atoms with E-state index in [-0.39, 0.29) is 23.5 Å². The number of benzene rings is 2. The van der Waals surface area contributed by atoms with Crippen molar-refractivity contribution >= 4 is 29.2 Å². The molecule has 6 nitrogen and oxygen atoms in total. The number of hydrogen-bond donors (Lipinski definition) is 2. The van der Waals surface area contributed by atoms with Gasteiger partial charge in [-0.3, -0.25) is 14.4 Å². The Hall–Kier alpha value is -3.41. The molecule has 0 spiro atoms. The highest BCUT2D eigenvalue weighted by Crippen LogP contribution is 2.23. The van der Waals surface area contributed by atoms with Gasteiger partial charge >= 0.3 is 5.97 Å². The molecular formula is C22H24N2O4. The van der Waals surface area contributed by atoms with E-state index >= 15 is 0 Å². The van der Waals surface area contributed by atoms with E-state index in [9.17, 15) is 14.4 Å². The van der Waals surface area contributed by atoms with Crippen LogP contribution in [-0.2, 0) is 9.59 Å². The molecular weight excluding hydrogens is 356 g/mol. The fourth-order valence-electron chi connectivity index (χ4n) is 2.30. The Morgan fingerprint density at radius 2 is 1.57 bits per heavy atom. The lowest BCUT2D eigenvalue weighted by molar-refractivity contribution is -0.131. The summed E-state index contributed by atoms with van der Waals surface area (Å²) in [6.07, 6.45) is 1.55. The lowest BCUT2D eigenvalue weighted by atomic mass is 10.1. The number of para-hydroxylation sites is 2. The van der Waals surface area contributed by atoms with Gasteiger partial charge in [0.15, 0.2) is 0 Å². The molecule has 0 fully saturated rings. The molecule has 146 valence electrons. The molecule has 0 radical (unpaired) electrons. The molecule has 0 bridgehead atoms. The summed E-state index contributed by atoms with van der Waals surface area (Å²) >= 11 is 0. The summed E-state index contributed by atoms with van der Waals surface area (Å²) in [5.74, 6) is -0.550. The molecule has 2 rings (SSSR count). The molecule has 0 saturated carbocycles. The lowest BCUT2D eigenvalue weighted by Gasteiger charge is -2.12. The number of allylic oxidation sites excluding steroid dienone is 1. The number of hydrogen-bond acceptors (Lipinski definition) is 4. The van der Waals surface area contributed by atoms with E-state index in [0.717, 1.165) is 5.57 Å². The van der Waals surface area contributed by atoms with Gasteiger partial charge in [-0.05, 0) is 43.2 Å². The molecule has 28 heavy (non-hydrogen) atoms. The van der Waals surface area contributed by atoms with Gasteiger partial charge in [0.25, 0.3) is 5.91 Å². The fourth-order valence-corrected chi connectivity index (χ4v) is 2.30. The van der Waals surface area contributed by atoms with Crippen molar-refractivity contribution < 1.29 is 19.1 Å². The number of nitrogens with one attached hydrogen (secondary N) is 2. The zero-order valence-corrected chi connectivity index (χ0v) is 16.4. The average Bonchev–Trinajstić information content (AvgIpc) is 2.62. The predicted molar refractivity (Wildman–Crippen MR) is 109 cm³/mol. The van der Waals surface area contributed by atoms with E-state index < -0.39 is 5.97 Å². The van der Waals surface area contributed by atoms with Gasteiger partial charge in [-0.1, -0.05) is 37.6 Å². The first-order chi connectivity index (χ1) is 13.3. The van der Waals surface area contributed by atoms with E-state index in [1.165, 1.54) is 13.0 Å². The second-order valence-corrected chi connectivity index (χ2v) is 6.65. The molecule has 0 saturated heterocycles. The first kappa shape index (κ1) is 20.9. The summed E-state index contributed by atoms with van der Waals surface area (Å²) in [6.45, 7) is 7.21. The monoisotopic (exact) mass is 380 g/mol. The van der Waals surface area contributed by atoms with Gasteiger partial charge in [0, 0.05) is 18.6 Å². The third-order valence-electron chi connectivity index (χ3n) is 4.06. The van der Waals surface area contributed by atoms with E-state index in [1.54, 1.807) is 48.5 Å². The van der Waals surface area contributed by atoms with E-state index in [1.807, 2.05) is 20.8 Å². The van der Waals surface area contributed by atoms with Crippen LogP contribution in [0.3, 0.4) is 0 Å². The minimum Gasteiger partial charge on any atom is -0.427 e. The molecule has 6 heteroatoms. The third-order valence-corrected chi connectivity index (χ3v) is 4.06. The van der Waals surface area contributed by atoms with E-state index in [4.69, 9.17) is 4.74 Å². The smallest absolute Gasteiger partial charge is 0.308 e. The highest BCUT2D eigenvalue weighted by molar-refractivity contribution is 6.08. The van der Waals surface area contributed by atoms with Crippen LogP contribution in [0, 0.1) is 5.92 Å². The number of carbonyl (C=O) groups excluding carboxylic acids is 3. The maximum atomic E-state index is 12.6. The minimum atomic E-state index is -0.463. The molecule has 0 aromatic heterocycles. The van der Waals surface area contributed by atoms with Crippen LogP contribution in [0.1, 0.15) is 38.1 Å². The summed E-state index contributed by atoms with van der Waals surface area (Å²) in [5.41, 5.74) is 2.25. The molecule has 2 amide bonds. The number of esters is 1. The van der Waals surface area contributed by atoms with Crippen LogP contribution in [0.15, 0.2) is 60.2 Å². The van der Waals surface area contributed by atoms with E-state index in [2.05, 4.69) is 10.6 Å². The Morgan fingerprint density at radius 3 is 2.18 bits per heavy atom. The summed E-state index contributed by atoms with van der Waals surface area (Å²) in [6, 6.07) is 13.2. The Labute approximate surface area is 164 Å². The first-order valence-corrected chi connectivity index (χ1v) is 8.94. The number of carbonyl (C=O) groups is 3. The molecule has 2 aromatic rings. The Bertz CT molecular complexity index is 916. The number of ether oxygens (including phenoxy) is 1. The van der Waals surface area contributed by atoms with Gasteiger partial charge in [-0.2, -0.15) is 0 Å². The standard InChI is InChI=1S/C22H24N2O4/c1-14(2)15(3)12-21(26)23-19-10-5-6-11-20(19)24-22(27)17-8-7-9-18(13-17)28-16(4)25/h5-14H,1-4H3,(H,23,26)(H,24,27)/b15-12+. The van der Waals surface area contributed by atoms with Crippen LogP contribution in [-0.4, -0.2) is 17.8 Å². The largest absolute Gasteiger partial charge is 0.427 e. The highest BCUT2D eigenvalue weighted by Gasteiger charge is 2.12. The molecule has 0 heterocycles. The fraction of sp³-hybridized carbons (Fsp3) is 0.227. The molecule has 0 unspecified atom stereocenters.